The van der Waals surface area contributed by atoms with Crippen molar-refractivity contribution in [3.8, 4) is 5.75 Å². The fourth-order valence-corrected chi connectivity index (χ4v) is 1.89. The van der Waals surface area contributed by atoms with Crippen LogP contribution in [-0.4, -0.2) is 12.6 Å². The molecule has 1 unspecified atom stereocenters. The topological polar surface area (TPSA) is 35.2 Å². The summed E-state index contributed by atoms with van der Waals surface area (Å²) >= 11 is 5.98. The molecule has 1 aliphatic heterocycles. The average Bonchev–Trinajstić information content (AvgIpc) is 2.49. The number of para-hydroxylation sites is 1. The maximum atomic E-state index is 5.98. The number of hydrogen-bond donors (Lipinski definition) is 1. The van der Waals surface area contributed by atoms with Crippen molar-refractivity contribution >= 4 is 11.6 Å². The van der Waals surface area contributed by atoms with E-state index in [0.717, 1.165) is 18.6 Å². The Bertz CT molecular complexity index is 314. The van der Waals surface area contributed by atoms with E-state index in [0.29, 0.717) is 11.6 Å². The first kappa shape index (κ1) is 8.85. The third-order valence-corrected chi connectivity index (χ3v) is 2.57. The molecule has 3 heteroatoms. The molecule has 0 radical (unpaired) electrons. The van der Waals surface area contributed by atoms with Crippen LogP contribution in [0, 0.1) is 0 Å². The van der Waals surface area contributed by atoms with Gasteiger partial charge in [-0.1, -0.05) is 23.7 Å². The second-order valence-corrected chi connectivity index (χ2v) is 3.66. The molecule has 1 atom stereocenters. The smallest absolute Gasteiger partial charge is 0.141 e. The van der Waals surface area contributed by atoms with Gasteiger partial charge in [-0.15, -0.1) is 0 Å². The molecule has 0 aliphatic carbocycles. The molecule has 1 aromatic carbocycles. The molecule has 1 aromatic rings. The van der Waals surface area contributed by atoms with Crippen LogP contribution in [0.2, 0.25) is 5.02 Å². The second kappa shape index (κ2) is 3.56. The van der Waals surface area contributed by atoms with E-state index >= 15 is 0 Å². The van der Waals surface area contributed by atoms with Gasteiger partial charge in [-0.25, -0.2) is 0 Å². The fourth-order valence-electron chi connectivity index (χ4n) is 1.65. The quantitative estimate of drug-likeness (QED) is 0.787. The van der Waals surface area contributed by atoms with Crippen molar-refractivity contribution in [1.82, 2.24) is 0 Å². The Morgan fingerprint density at radius 1 is 1.54 bits per heavy atom. The monoisotopic (exact) mass is 197 g/mol. The normalized spacial score (nSPS) is 19.7. The summed E-state index contributed by atoms with van der Waals surface area (Å²) in [5, 5.41) is 0.706. The highest BCUT2D eigenvalue weighted by molar-refractivity contribution is 6.32. The molecule has 0 fully saturated rings. The van der Waals surface area contributed by atoms with Crippen LogP contribution in [0.4, 0.5) is 0 Å². The van der Waals surface area contributed by atoms with Crippen LogP contribution >= 0.6 is 11.6 Å². The van der Waals surface area contributed by atoms with Crippen molar-refractivity contribution in [3.63, 3.8) is 0 Å². The average molecular weight is 198 g/mol. The Morgan fingerprint density at radius 3 is 3.08 bits per heavy atom. The van der Waals surface area contributed by atoms with Crippen LogP contribution < -0.4 is 10.5 Å². The highest BCUT2D eigenvalue weighted by atomic mass is 35.5. The molecule has 0 amide bonds. The van der Waals surface area contributed by atoms with E-state index in [1.165, 1.54) is 5.56 Å². The molecule has 2 nitrogen and oxygen atoms in total. The molecule has 70 valence electrons. The number of hydrogen-bond acceptors (Lipinski definition) is 2. The zero-order chi connectivity index (χ0) is 9.26. The Morgan fingerprint density at radius 2 is 2.38 bits per heavy atom. The highest BCUT2D eigenvalue weighted by Crippen LogP contribution is 2.36. The van der Waals surface area contributed by atoms with Crippen LogP contribution in [0.15, 0.2) is 18.2 Å². The number of ether oxygens (including phenoxy) is 1. The van der Waals surface area contributed by atoms with Crippen molar-refractivity contribution in [1.29, 1.82) is 0 Å². The van der Waals surface area contributed by atoms with Gasteiger partial charge in [0, 0.05) is 6.42 Å². The van der Waals surface area contributed by atoms with E-state index in [9.17, 15) is 0 Å². The third kappa shape index (κ3) is 1.64. The maximum absolute atomic E-state index is 5.98. The van der Waals surface area contributed by atoms with Gasteiger partial charge in [0.15, 0.2) is 0 Å². The molecule has 0 saturated carbocycles. The summed E-state index contributed by atoms with van der Waals surface area (Å²) in [5.41, 5.74) is 6.67. The minimum atomic E-state index is 0.222. The maximum Gasteiger partial charge on any atom is 0.141 e. The Balaban J connectivity index is 2.20. The van der Waals surface area contributed by atoms with E-state index in [2.05, 4.69) is 6.07 Å². The van der Waals surface area contributed by atoms with Crippen LogP contribution in [-0.2, 0) is 6.42 Å². The molecule has 0 spiro atoms. The van der Waals surface area contributed by atoms with Gasteiger partial charge >= 0.3 is 0 Å². The van der Waals surface area contributed by atoms with Crippen molar-refractivity contribution in [2.75, 3.05) is 6.54 Å². The van der Waals surface area contributed by atoms with Gasteiger partial charge in [-0.3, -0.25) is 0 Å². The number of fused-ring (bicyclic) bond motifs is 1. The molecule has 2 rings (SSSR count). The number of benzene rings is 1. The van der Waals surface area contributed by atoms with Crippen LogP contribution in [0.5, 0.6) is 5.75 Å². The Hall–Kier alpha value is -0.730. The Kier molecular flexibility index (Phi) is 2.42. The van der Waals surface area contributed by atoms with E-state index in [-0.39, 0.29) is 6.10 Å². The van der Waals surface area contributed by atoms with Gasteiger partial charge in [0.2, 0.25) is 0 Å². The second-order valence-electron chi connectivity index (χ2n) is 3.25. The number of rotatable bonds is 2. The standard InChI is InChI=1S/C10H12ClNO/c11-9-3-1-2-7-6-8(4-5-12)13-10(7)9/h1-3,8H,4-6,12H2. The van der Waals surface area contributed by atoms with Gasteiger partial charge in [-0.05, 0) is 24.6 Å². The lowest BCUT2D eigenvalue weighted by molar-refractivity contribution is 0.224. The fraction of sp³-hybridized carbons (Fsp3) is 0.400. The van der Waals surface area contributed by atoms with E-state index in [1.807, 2.05) is 12.1 Å². The van der Waals surface area contributed by atoms with Crippen molar-refractivity contribution < 1.29 is 4.74 Å². The van der Waals surface area contributed by atoms with Crippen molar-refractivity contribution in [2.24, 2.45) is 5.73 Å². The van der Waals surface area contributed by atoms with E-state index in [4.69, 9.17) is 22.1 Å². The summed E-state index contributed by atoms with van der Waals surface area (Å²) < 4.78 is 5.67. The lowest BCUT2D eigenvalue weighted by Crippen LogP contribution is -2.17. The predicted octanol–water partition coefficient (Wildman–Crippen LogP) is 1.99. The summed E-state index contributed by atoms with van der Waals surface area (Å²) in [6.07, 6.45) is 2.05. The number of nitrogens with two attached hydrogens (primary N) is 1. The molecule has 0 bridgehead atoms. The summed E-state index contributed by atoms with van der Waals surface area (Å²) in [6, 6.07) is 5.86. The van der Waals surface area contributed by atoms with Gasteiger partial charge < -0.3 is 10.5 Å². The lowest BCUT2D eigenvalue weighted by atomic mass is 10.1. The minimum absolute atomic E-state index is 0.222. The van der Waals surface area contributed by atoms with E-state index < -0.39 is 0 Å². The first-order valence-corrected chi connectivity index (χ1v) is 4.83. The summed E-state index contributed by atoms with van der Waals surface area (Å²) in [6.45, 7) is 0.663. The van der Waals surface area contributed by atoms with Crippen LogP contribution in [0.25, 0.3) is 0 Å². The Labute approximate surface area is 82.6 Å². The molecular weight excluding hydrogens is 186 g/mol. The summed E-state index contributed by atoms with van der Waals surface area (Å²) in [5.74, 6) is 0.850. The molecule has 1 heterocycles. The third-order valence-electron chi connectivity index (χ3n) is 2.27. The zero-order valence-electron chi connectivity index (χ0n) is 7.29. The van der Waals surface area contributed by atoms with Gasteiger partial charge in [0.25, 0.3) is 0 Å². The zero-order valence-corrected chi connectivity index (χ0v) is 8.05. The van der Waals surface area contributed by atoms with Gasteiger partial charge in [-0.2, -0.15) is 0 Å². The van der Waals surface area contributed by atoms with Crippen molar-refractivity contribution in [2.45, 2.75) is 18.9 Å². The lowest BCUT2D eigenvalue weighted by Gasteiger charge is -2.08. The molecule has 13 heavy (non-hydrogen) atoms. The first-order valence-electron chi connectivity index (χ1n) is 4.45. The first-order chi connectivity index (χ1) is 6.31. The highest BCUT2D eigenvalue weighted by Gasteiger charge is 2.23. The summed E-state index contributed by atoms with van der Waals surface area (Å²) in [7, 11) is 0. The van der Waals surface area contributed by atoms with Crippen molar-refractivity contribution in [3.05, 3.63) is 28.8 Å². The molecule has 2 N–H and O–H groups in total. The molecule has 1 aliphatic rings. The van der Waals surface area contributed by atoms with E-state index in [1.54, 1.807) is 0 Å². The minimum Gasteiger partial charge on any atom is -0.488 e. The van der Waals surface area contributed by atoms with Crippen LogP contribution in [0.3, 0.4) is 0 Å². The summed E-state index contributed by atoms with van der Waals surface area (Å²) in [4.78, 5) is 0. The van der Waals surface area contributed by atoms with Gasteiger partial charge in [0.05, 0.1) is 5.02 Å². The SMILES string of the molecule is NCCC1Cc2cccc(Cl)c2O1. The van der Waals surface area contributed by atoms with Gasteiger partial charge in [0.1, 0.15) is 11.9 Å². The largest absolute Gasteiger partial charge is 0.488 e. The number of halogens is 1. The molecular formula is C10H12ClNO. The molecule has 0 aromatic heterocycles. The molecule has 0 saturated heterocycles. The van der Waals surface area contributed by atoms with Crippen LogP contribution in [0.1, 0.15) is 12.0 Å². The predicted molar refractivity (Wildman–Crippen MR) is 53.2 cm³/mol.